The van der Waals surface area contributed by atoms with Gasteiger partial charge in [-0.15, -0.1) is 11.3 Å². The van der Waals surface area contributed by atoms with E-state index in [1.165, 1.54) is 17.4 Å². The van der Waals surface area contributed by atoms with Crippen LogP contribution in [-0.2, 0) is 22.6 Å². The van der Waals surface area contributed by atoms with Gasteiger partial charge in [0.25, 0.3) is 5.56 Å². The molecule has 0 aliphatic rings. The molecule has 7 nitrogen and oxygen atoms in total. The van der Waals surface area contributed by atoms with Gasteiger partial charge in [-0.1, -0.05) is 36.4 Å². The van der Waals surface area contributed by atoms with E-state index in [0.29, 0.717) is 5.69 Å². The molecule has 3 rings (SSSR count). The first-order valence-electron chi connectivity index (χ1n) is 8.21. The number of hydrogen-bond donors (Lipinski definition) is 2. The van der Waals surface area contributed by atoms with Crippen LogP contribution in [0.25, 0.3) is 10.6 Å². The van der Waals surface area contributed by atoms with Gasteiger partial charge in [-0.25, -0.2) is 9.48 Å². The molecule has 0 aliphatic carbocycles. The Labute approximate surface area is 158 Å². The van der Waals surface area contributed by atoms with Crippen LogP contribution in [0, 0.1) is 0 Å². The molecule has 3 aromatic rings. The first-order chi connectivity index (χ1) is 13.0. The molecular formula is C19H17N3O4S. The van der Waals surface area contributed by atoms with Gasteiger partial charge < -0.3 is 10.4 Å². The predicted octanol–water partition coefficient (Wildman–Crippen LogP) is 1.78. The molecule has 0 aliphatic heterocycles. The lowest BCUT2D eigenvalue weighted by molar-refractivity contribution is -0.141. The van der Waals surface area contributed by atoms with Crippen LogP contribution in [0.5, 0.6) is 0 Å². The summed E-state index contributed by atoms with van der Waals surface area (Å²) in [4.78, 5) is 36.6. The van der Waals surface area contributed by atoms with Crippen LogP contribution in [0.1, 0.15) is 5.56 Å². The molecule has 2 aromatic heterocycles. The molecule has 0 radical (unpaired) electrons. The smallest absolute Gasteiger partial charge is 0.326 e. The molecule has 0 saturated heterocycles. The molecule has 2 N–H and O–H groups in total. The molecule has 1 amide bonds. The van der Waals surface area contributed by atoms with E-state index in [-0.39, 0.29) is 13.0 Å². The van der Waals surface area contributed by atoms with Crippen LogP contribution in [0.2, 0.25) is 0 Å². The number of aromatic nitrogens is 2. The van der Waals surface area contributed by atoms with Crippen molar-refractivity contribution < 1.29 is 14.7 Å². The minimum atomic E-state index is -1.14. The average Bonchev–Trinajstić information content (AvgIpc) is 3.18. The number of rotatable bonds is 7. The van der Waals surface area contributed by atoms with E-state index < -0.39 is 23.5 Å². The summed E-state index contributed by atoms with van der Waals surface area (Å²) in [6, 6.07) is 14.6. The summed E-state index contributed by atoms with van der Waals surface area (Å²) < 4.78 is 1.03. The standard InChI is InChI=1S/C19H17N3O4S/c23-17(20-15(19(25)26)11-13-5-2-1-3-6-13)12-22-18(24)9-8-14(21-22)16-7-4-10-27-16/h1-10,15H,11-12H2,(H,20,23)(H,25,26)/t15-/m1/s1. The Morgan fingerprint density at radius 1 is 1.11 bits per heavy atom. The van der Waals surface area contributed by atoms with E-state index in [2.05, 4.69) is 10.4 Å². The highest BCUT2D eigenvalue weighted by molar-refractivity contribution is 7.13. The van der Waals surface area contributed by atoms with Crippen LogP contribution in [0.15, 0.2) is 64.8 Å². The fourth-order valence-electron chi connectivity index (χ4n) is 2.54. The lowest BCUT2D eigenvalue weighted by Gasteiger charge is -2.15. The van der Waals surface area contributed by atoms with E-state index in [9.17, 15) is 19.5 Å². The third kappa shape index (κ3) is 4.89. The number of carbonyl (C=O) groups is 2. The van der Waals surface area contributed by atoms with E-state index in [1.54, 1.807) is 30.3 Å². The van der Waals surface area contributed by atoms with E-state index in [1.807, 2.05) is 23.6 Å². The van der Waals surface area contributed by atoms with Crippen molar-refractivity contribution in [3.8, 4) is 10.6 Å². The van der Waals surface area contributed by atoms with Gasteiger partial charge >= 0.3 is 5.97 Å². The quantitative estimate of drug-likeness (QED) is 0.648. The second kappa shape index (κ2) is 8.41. The molecule has 0 spiro atoms. The van der Waals surface area contributed by atoms with Gasteiger partial charge in [-0.3, -0.25) is 9.59 Å². The average molecular weight is 383 g/mol. The predicted molar refractivity (Wildman–Crippen MR) is 102 cm³/mol. The maximum Gasteiger partial charge on any atom is 0.326 e. The molecule has 27 heavy (non-hydrogen) atoms. The highest BCUT2D eigenvalue weighted by Gasteiger charge is 2.21. The number of carbonyl (C=O) groups excluding carboxylic acids is 1. The van der Waals surface area contributed by atoms with Crippen LogP contribution in [-0.4, -0.2) is 32.8 Å². The number of hydrogen-bond acceptors (Lipinski definition) is 5. The minimum Gasteiger partial charge on any atom is -0.480 e. The maximum absolute atomic E-state index is 12.3. The number of nitrogens with one attached hydrogen (secondary N) is 1. The van der Waals surface area contributed by atoms with Gasteiger partial charge in [0, 0.05) is 12.5 Å². The Balaban J connectivity index is 1.71. The summed E-state index contributed by atoms with van der Waals surface area (Å²) in [5.74, 6) is -1.73. The van der Waals surface area contributed by atoms with Gasteiger partial charge in [-0.2, -0.15) is 5.10 Å². The van der Waals surface area contributed by atoms with Gasteiger partial charge in [0.2, 0.25) is 5.91 Å². The van der Waals surface area contributed by atoms with Crippen LogP contribution in [0.4, 0.5) is 0 Å². The topological polar surface area (TPSA) is 101 Å². The van der Waals surface area contributed by atoms with Crippen molar-refractivity contribution >= 4 is 23.2 Å². The van der Waals surface area contributed by atoms with Crippen molar-refractivity contribution in [2.75, 3.05) is 0 Å². The second-order valence-corrected chi connectivity index (χ2v) is 6.79. The molecule has 1 atom stereocenters. The molecular weight excluding hydrogens is 366 g/mol. The number of nitrogens with zero attached hydrogens (tertiary/aromatic N) is 2. The Kier molecular flexibility index (Phi) is 5.77. The largest absolute Gasteiger partial charge is 0.480 e. The first-order valence-corrected chi connectivity index (χ1v) is 9.09. The van der Waals surface area contributed by atoms with E-state index >= 15 is 0 Å². The Bertz CT molecular complexity index is 984. The van der Waals surface area contributed by atoms with Crippen molar-refractivity contribution in [1.82, 2.24) is 15.1 Å². The van der Waals surface area contributed by atoms with E-state index in [0.717, 1.165) is 15.1 Å². The molecule has 0 unspecified atom stereocenters. The SMILES string of the molecule is O=C(Cn1nc(-c2cccs2)ccc1=O)N[C@H](Cc1ccccc1)C(=O)O. The van der Waals surface area contributed by atoms with Gasteiger partial charge in [0.15, 0.2) is 0 Å². The summed E-state index contributed by atoms with van der Waals surface area (Å²) >= 11 is 1.47. The zero-order valence-electron chi connectivity index (χ0n) is 14.2. The van der Waals surface area contributed by atoms with Gasteiger partial charge in [0.1, 0.15) is 18.3 Å². The van der Waals surface area contributed by atoms with Crippen LogP contribution in [0.3, 0.4) is 0 Å². The summed E-state index contributed by atoms with van der Waals surface area (Å²) in [6.07, 6.45) is 0.152. The Morgan fingerprint density at radius 3 is 2.56 bits per heavy atom. The molecule has 0 saturated carbocycles. The zero-order valence-corrected chi connectivity index (χ0v) is 15.1. The lowest BCUT2D eigenvalue weighted by Crippen LogP contribution is -2.44. The third-order valence-corrected chi connectivity index (χ3v) is 4.74. The van der Waals surface area contributed by atoms with Crippen molar-refractivity contribution in [2.45, 2.75) is 19.0 Å². The third-order valence-electron chi connectivity index (χ3n) is 3.85. The van der Waals surface area contributed by atoms with Gasteiger partial charge in [-0.05, 0) is 23.1 Å². The number of aliphatic carboxylic acids is 1. The molecule has 1 aromatic carbocycles. The molecule has 0 bridgehead atoms. The lowest BCUT2D eigenvalue weighted by atomic mass is 10.1. The highest BCUT2D eigenvalue weighted by Crippen LogP contribution is 2.20. The second-order valence-electron chi connectivity index (χ2n) is 5.84. The van der Waals surface area contributed by atoms with Gasteiger partial charge in [0.05, 0.1) is 4.88 Å². The van der Waals surface area contributed by atoms with E-state index in [4.69, 9.17) is 0 Å². The normalized spacial score (nSPS) is 11.7. The number of thiophene rings is 1. The Hall–Kier alpha value is -3.26. The number of carboxylic acids is 1. The molecule has 2 heterocycles. The van der Waals surface area contributed by atoms with Crippen molar-refractivity contribution in [3.63, 3.8) is 0 Å². The summed E-state index contributed by atoms with van der Waals surface area (Å²) in [5.41, 5.74) is 0.942. The highest BCUT2D eigenvalue weighted by atomic mass is 32.1. The number of benzene rings is 1. The summed E-state index contributed by atoms with van der Waals surface area (Å²) in [6.45, 7) is -0.351. The van der Waals surface area contributed by atoms with Crippen LogP contribution < -0.4 is 10.9 Å². The Morgan fingerprint density at radius 2 is 1.89 bits per heavy atom. The summed E-state index contributed by atoms with van der Waals surface area (Å²) in [7, 11) is 0. The fraction of sp³-hybridized carbons (Fsp3) is 0.158. The maximum atomic E-state index is 12.3. The number of amides is 1. The summed E-state index contributed by atoms with van der Waals surface area (Å²) in [5, 5.41) is 17.9. The van der Waals surface area contributed by atoms with Crippen molar-refractivity contribution in [3.05, 3.63) is 75.9 Å². The monoisotopic (exact) mass is 383 g/mol. The number of carboxylic acid groups (broad SMARTS) is 1. The van der Waals surface area contributed by atoms with Crippen molar-refractivity contribution in [1.29, 1.82) is 0 Å². The van der Waals surface area contributed by atoms with Crippen molar-refractivity contribution in [2.24, 2.45) is 0 Å². The first kappa shape index (κ1) is 18.5. The molecule has 0 fully saturated rings. The van der Waals surface area contributed by atoms with Crippen LogP contribution >= 0.6 is 11.3 Å². The molecule has 138 valence electrons. The minimum absolute atomic E-state index is 0.152. The molecule has 8 heteroatoms. The zero-order chi connectivity index (χ0) is 19.2. The fourth-order valence-corrected chi connectivity index (χ4v) is 3.23.